The smallest absolute Gasteiger partial charge is 0.330 e. The van der Waals surface area contributed by atoms with Gasteiger partial charge in [-0.1, -0.05) is 29.4 Å². The molecule has 4 bridgehead atoms. The molecular formula is C44H56O14. The molecule has 12 atom stereocenters. The van der Waals surface area contributed by atoms with E-state index in [1.807, 2.05) is 46.8 Å². The molecule has 1 aromatic rings. The first kappa shape index (κ1) is 42.2. The van der Waals surface area contributed by atoms with E-state index in [1.165, 1.54) is 13.0 Å². The van der Waals surface area contributed by atoms with Crippen molar-refractivity contribution >= 4 is 23.6 Å². The van der Waals surface area contributed by atoms with E-state index < -0.39 is 107 Å². The van der Waals surface area contributed by atoms with Gasteiger partial charge in [-0.3, -0.25) is 9.59 Å². The van der Waals surface area contributed by atoms with Gasteiger partial charge in [-0.25, -0.2) is 4.79 Å². The van der Waals surface area contributed by atoms with Crippen molar-refractivity contribution in [3.05, 3.63) is 57.7 Å². The normalized spacial score (nSPS) is 37.9. The van der Waals surface area contributed by atoms with Gasteiger partial charge in [-0.15, -0.1) is 0 Å². The van der Waals surface area contributed by atoms with Crippen LogP contribution in [0, 0.1) is 17.8 Å². The third-order valence-electron chi connectivity index (χ3n) is 13.2. The summed E-state index contributed by atoms with van der Waals surface area (Å²) >= 11 is 0. The van der Waals surface area contributed by atoms with Crippen LogP contribution < -0.4 is 9.47 Å². The molecule has 58 heavy (non-hydrogen) atoms. The second kappa shape index (κ2) is 14.7. The lowest BCUT2D eigenvalue weighted by Crippen LogP contribution is -2.81. The number of ketones is 2. The van der Waals surface area contributed by atoms with Gasteiger partial charge in [0.2, 0.25) is 0 Å². The minimum Gasteiger partial charge on any atom is -0.506 e. The van der Waals surface area contributed by atoms with Crippen LogP contribution in [-0.4, -0.2) is 114 Å². The van der Waals surface area contributed by atoms with E-state index in [9.17, 15) is 35.4 Å². The minimum absolute atomic E-state index is 0.0197. The number of carboxylic acid groups (broad SMARTS) is 1. The highest BCUT2D eigenvalue weighted by molar-refractivity contribution is 6.10. The monoisotopic (exact) mass is 808 g/mol. The Labute approximate surface area is 337 Å². The summed E-state index contributed by atoms with van der Waals surface area (Å²) < 4.78 is 33.1. The minimum atomic E-state index is -1.92. The molecule has 0 radical (unpaired) electrons. The molecule has 0 amide bonds. The zero-order valence-corrected chi connectivity index (χ0v) is 34.3. The Balaban J connectivity index is 1.46. The number of hydrogen-bond acceptors (Lipinski definition) is 13. The van der Waals surface area contributed by atoms with Gasteiger partial charge in [0.1, 0.15) is 52.8 Å². The molecule has 0 aromatic heterocycles. The molecular weight excluding hydrogens is 752 g/mol. The van der Waals surface area contributed by atoms with Crippen LogP contribution in [0.15, 0.2) is 41.0 Å². The lowest BCUT2D eigenvalue weighted by atomic mass is 9.45. The quantitative estimate of drug-likeness (QED) is 0.137. The van der Waals surface area contributed by atoms with Crippen molar-refractivity contribution in [3.63, 3.8) is 0 Å². The molecule has 4 aliphatic heterocycles. The number of hydrogen-bond donors (Lipinski definition) is 6. The first-order chi connectivity index (χ1) is 27.1. The maximum Gasteiger partial charge on any atom is 0.330 e. The van der Waals surface area contributed by atoms with Crippen LogP contribution in [-0.2, 0) is 30.2 Å². The highest BCUT2D eigenvalue weighted by Crippen LogP contribution is 2.71. The molecule has 316 valence electrons. The highest BCUT2D eigenvalue weighted by Gasteiger charge is 2.86. The van der Waals surface area contributed by atoms with E-state index in [0.29, 0.717) is 17.7 Å². The summed E-state index contributed by atoms with van der Waals surface area (Å²) in [7, 11) is 0. The number of aliphatic hydroxyl groups excluding tert-OH is 4. The van der Waals surface area contributed by atoms with Gasteiger partial charge in [0.15, 0.2) is 29.1 Å². The number of Topliss-reactive ketones (excluding diaryl/α,β-unsaturated/α-hetero) is 2. The Morgan fingerprint density at radius 2 is 1.64 bits per heavy atom. The number of allylic oxidation sites excluding steroid dienone is 4. The van der Waals surface area contributed by atoms with Gasteiger partial charge in [-0.05, 0) is 93.2 Å². The van der Waals surface area contributed by atoms with E-state index in [2.05, 4.69) is 6.08 Å². The molecule has 8 rings (SSSR count). The summed E-state index contributed by atoms with van der Waals surface area (Å²) in [4.78, 5) is 42.9. The molecule has 7 aliphatic rings. The molecule has 3 saturated carbocycles. The molecule has 2 unspecified atom stereocenters. The summed E-state index contributed by atoms with van der Waals surface area (Å²) in [6.07, 6.45) is 0.661. The number of carboxylic acids is 1. The fourth-order valence-corrected chi connectivity index (χ4v) is 10.2. The fourth-order valence-electron chi connectivity index (χ4n) is 10.2. The number of aliphatic carboxylic acids is 1. The number of ether oxygens (including phenoxy) is 5. The second-order valence-electron chi connectivity index (χ2n) is 18.1. The van der Waals surface area contributed by atoms with Crippen LogP contribution in [0.1, 0.15) is 103 Å². The highest BCUT2D eigenvalue weighted by atomic mass is 16.7. The Morgan fingerprint density at radius 3 is 2.28 bits per heavy atom. The Hall–Kier alpha value is -3.89. The number of benzene rings is 1. The largest absolute Gasteiger partial charge is 0.506 e. The number of rotatable bonds is 11. The predicted molar refractivity (Wildman–Crippen MR) is 208 cm³/mol. The number of phenolic OH excluding ortho intramolecular Hbond substituents is 1. The third-order valence-corrected chi connectivity index (χ3v) is 13.2. The van der Waals surface area contributed by atoms with Gasteiger partial charge < -0.3 is 54.3 Å². The molecule has 3 aliphatic carbocycles. The fraction of sp³-hybridized carbons (Fsp3) is 0.614. The van der Waals surface area contributed by atoms with E-state index in [0.717, 1.165) is 17.6 Å². The number of carbonyl (C=O) groups excluding carboxylic acids is 2. The average Bonchev–Trinajstić information content (AvgIpc) is 3.29. The third kappa shape index (κ3) is 6.29. The number of carbonyl (C=O) groups is 3. The van der Waals surface area contributed by atoms with Crippen LogP contribution >= 0.6 is 0 Å². The van der Waals surface area contributed by atoms with Crippen LogP contribution in [0.5, 0.6) is 17.2 Å². The van der Waals surface area contributed by atoms with Crippen molar-refractivity contribution in [2.24, 2.45) is 17.8 Å². The first-order valence-corrected chi connectivity index (χ1v) is 20.0. The SMILES string of the molecule is CC(C)=CCC[C@]1(C)C=Cc2c(O)c3c(c(CC=C(C)C)c2O1)O[C@]12C(C3=O)C(O[C@@H]3O[C@H](CO)[C@@H](O)[C@H](O)[C@H]3O)[C@@H]3C[C@H]1C(C)(C)O[C@@]2(C/C=C(/C)C(=O)O)C3=O. The van der Waals surface area contributed by atoms with Crippen LogP contribution in [0.25, 0.3) is 6.08 Å². The summed E-state index contributed by atoms with van der Waals surface area (Å²) in [5.41, 5.74) is -3.03. The molecule has 5 fully saturated rings. The first-order valence-electron chi connectivity index (χ1n) is 20.0. The maximum absolute atomic E-state index is 15.6. The average molecular weight is 809 g/mol. The predicted octanol–water partition coefficient (Wildman–Crippen LogP) is 4.11. The molecule has 4 heterocycles. The van der Waals surface area contributed by atoms with Gasteiger partial charge in [0.25, 0.3) is 0 Å². The van der Waals surface area contributed by atoms with Crippen LogP contribution in [0.4, 0.5) is 0 Å². The van der Waals surface area contributed by atoms with E-state index in [1.54, 1.807) is 19.9 Å². The van der Waals surface area contributed by atoms with E-state index in [-0.39, 0.29) is 41.7 Å². The van der Waals surface area contributed by atoms with Crippen molar-refractivity contribution in [3.8, 4) is 17.2 Å². The van der Waals surface area contributed by atoms with Crippen molar-refractivity contribution in [1.29, 1.82) is 0 Å². The van der Waals surface area contributed by atoms with Crippen molar-refractivity contribution in [2.75, 3.05) is 6.61 Å². The van der Waals surface area contributed by atoms with Gasteiger partial charge in [0.05, 0.1) is 29.8 Å². The second-order valence-corrected chi connectivity index (χ2v) is 18.1. The van der Waals surface area contributed by atoms with Gasteiger partial charge in [-0.2, -0.15) is 0 Å². The van der Waals surface area contributed by atoms with E-state index >= 15 is 9.59 Å². The van der Waals surface area contributed by atoms with Gasteiger partial charge >= 0.3 is 5.97 Å². The van der Waals surface area contributed by atoms with Crippen molar-refractivity contribution in [1.82, 2.24) is 0 Å². The van der Waals surface area contributed by atoms with Gasteiger partial charge in [0, 0.05) is 29.4 Å². The zero-order chi connectivity index (χ0) is 42.4. The Kier molecular flexibility index (Phi) is 10.7. The molecule has 14 heteroatoms. The Morgan fingerprint density at radius 1 is 0.948 bits per heavy atom. The van der Waals surface area contributed by atoms with Crippen molar-refractivity contribution < 1.29 is 68.7 Å². The molecule has 6 N–H and O–H groups in total. The van der Waals surface area contributed by atoms with Crippen LogP contribution in [0.2, 0.25) is 0 Å². The maximum atomic E-state index is 15.6. The topological polar surface area (TPSA) is 219 Å². The summed E-state index contributed by atoms with van der Waals surface area (Å²) in [6, 6.07) is 0. The number of phenols is 1. The molecule has 1 aromatic carbocycles. The zero-order valence-electron chi connectivity index (χ0n) is 34.3. The van der Waals surface area contributed by atoms with Crippen LogP contribution in [0.3, 0.4) is 0 Å². The summed E-state index contributed by atoms with van der Waals surface area (Å²) in [5.74, 6) is -5.56. The number of aromatic hydroxyl groups is 1. The van der Waals surface area contributed by atoms with E-state index in [4.69, 9.17) is 23.7 Å². The number of fused-ring (bicyclic) bond motifs is 2. The lowest BCUT2D eigenvalue weighted by Gasteiger charge is -2.63. The van der Waals surface area contributed by atoms with Crippen molar-refractivity contribution in [2.45, 2.75) is 147 Å². The molecule has 1 spiro atoms. The lowest BCUT2D eigenvalue weighted by molar-refractivity contribution is -0.330. The standard InChI is InChI=1S/C44H56O14/c1-20(2)10-9-15-42(8)16-14-23-30(46)28-32(48)29-37(55-40-34(50)33(49)31(47)26(19-45)54-40)25-18-27-41(6,7)58-43(38(25)51,17-13-22(5)39(52)53)44(27,29)57-36(28)24(35(23)56-42)12-11-21(3)4/h10-11,13-14,16,25-27,29,31,33-34,37,40,45-47,49-50H,9,12,15,17-19H2,1-8H3,(H,52,53)/b22-13-/t25-,26+,27-,29?,31+,33-,34+,37?,40-,42+,43-,44-/m0/s1. The molecule has 2 saturated heterocycles. The number of aliphatic hydroxyl groups is 4. The Bertz CT molecular complexity index is 2020. The summed E-state index contributed by atoms with van der Waals surface area (Å²) in [5, 5.41) is 64.3. The summed E-state index contributed by atoms with van der Waals surface area (Å²) in [6.45, 7) is 14.1. The molecule has 14 nitrogen and oxygen atoms in total.